The van der Waals surface area contributed by atoms with Crippen LogP contribution in [0.2, 0.25) is 0 Å². The van der Waals surface area contributed by atoms with Crippen LogP contribution >= 0.6 is 0 Å². The van der Waals surface area contributed by atoms with Gasteiger partial charge >= 0.3 is 0 Å². The molecular formula is C14H21N3O. The first-order chi connectivity index (χ1) is 8.72. The van der Waals surface area contributed by atoms with E-state index in [0.717, 1.165) is 43.7 Å². The van der Waals surface area contributed by atoms with Gasteiger partial charge in [-0.25, -0.2) is 0 Å². The van der Waals surface area contributed by atoms with Crippen molar-refractivity contribution in [1.82, 2.24) is 5.32 Å². The molecule has 1 amide bonds. The minimum atomic E-state index is -0.0545. The van der Waals surface area contributed by atoms with Gasteiger partial charge in [0.05, 0.1) is 0 Å². The lowest BCUT2D eigenvalue weighted by molar-refractivity contribution is -0.122. The van der Waals surface area contributed by atoms with Crippen molar-refractivity contribution in [2.45, 2.75) is 32.2 Å². The van der Waals surface area contributed by atoms with Gasteiger partial charge in [0, 0.05) is 24.5 Å². The first kappa shape index (κ1) is 12.7. The first-order valence-electron chi connectivity index (χ1n) is 6.62. The van der Waals surface area contributed by atoms with E-state index in [1.807, 2.05) is 24.3 Å². The number of likely N-dealkylation sites (N-methyl/N-ethyl adjacent to an activating group) is 1. The van der Waals surface area contributed by atoms with Crippen LogP contribution in [0.1, 0.15) is 26.2 Å². The summed E-state index contributed by atoms with van der Waals surface area (Å²) in [7, 11) is 0. The second kappa shape index (κ2) is 5.76. The van der Waals surface area contributed by atoms with Crippen molar-refractivity contribution in [3.63, 3.8) is 0 Å². The van der Waals surface area contributed by atoms with E-state index in [0.29, 0.717) is 0 Å². The molecule has 0 radical (unpaired) electrons. The molecule has 1 aromatic carbocycles. The third kappa shape index (κ3) is 2.75. The molecule has 4 nitrogen and oxygen atoms in total. The van der Waals surface area contributed by atoms with Gasteiger partial charge in [-0.3, -0.25) is 4.79 Å². The number of anilines is 2. The van der Waals surface area contributed by atoms with Gasteiger partial charge in [-0.15, -0.1) is 0 Å². The fraction of sp³-hybridized carbons (Fsp3) is 0.500. The molecule has 0 bridgehead atoms. The number of hydrogen-bond donors (Lipinski definition) is 2. The van der Waals surface area contributed by atoms with Gasteiger partial charge in [-0.1, -0.05) is 0 Å². The molecule has 0 saturated carbocycles. The second-order valence-electron chi connectivity index (χ2n) is 4.68. The zero-order chi connectivity index (χ0) is 13.0. The predicted octanol–water partition coefficient (Wildman–Crippen LogP) is 1.76. The van der Waals surface area contributed by atoms with E-state index in [9.17, 15) is 4.79 Å². The topological polar surface area (TPSA) is 58.4 Å². The standard InChI is InChI=1S/C14H21N3O/c1-2-17(12-8-6-11(15)7-9-12)13-5-3-4-10-16-14(13)18/h6-9,13H,2-5,10,15H2,1H3,(H,16,18). The van der Waals surface area contributed by atoms with Gasteiger partial charge < -0.3 is 16.0 Å². The zero-order valence-corrected chi connectivity index (χ0v) is 10.9. The molecule has 0 aliphatic carbocycles. The lowest BCUT2D eigenvalue weighted by Gasteiger charge is -2.30. The summed E-state index contributed by atoms with van der Waals surface area (Å²) in [5.74, 6) is 0.145. The fourth-order valence-electron chi connectivity index (χ4n) is 2.47. The third-order valence-electron chi connectivity index (χ3n) is 3.45. The lowest BCUT2D eigenvalue weighted by Crippen LogP contribution is -2.46. The van der Waals surface area contributed by atoms with Crippen molar-refractivity contribution in [2.75, 3.05) is 23.7 Å². The normalized spacial score (nSPS) is 20.1. The fourth-order valence-corrected chi connectivity index (χ4v) is 2.47. The second-order valence-corrected chi connectivity index (χ2v) is 4.68. The number of benzene rings is 1. The number of nitrogens with zero attached hydrogens (tertiary/aromatic N) is 1. The van der Waals surface area contributed by atoms with Crippen LogP contribution in [0.3, 0.4) is 0 Å². The maximum absolute atomic E-state index is 12.1. The van der Waals surface area contributed by atoms with Crippen LogP contribution in [-0.4, -0.2) is 25.0 Å². The Kier molecular flexibility index (Phi) is 4.07. The van der Waals surface area contributed by atoms with E-state index in [1.165, 1.54) is 0 Å². The number of nitrogens with one attached hydrogen (secondary N) is 1. The minimum absolute atomic E-state index is 0.0545. The number of amides is 1. The van der Waals surface area contributed by atoms with Gasteiger partial charge in [0.1, 0.15) is 6.04 Å². The Hall–Kier alpha value is -1.71. The highest BCUT2D eigenvalue weighted by atomic mass is 16.2. The van der Waals surface area contributed by atoms with Gasteiger partial charge in [-0.05, 0) is 50.5 Å². The molecule has 1 heterocycles. The minimum Gasteiger partial charge on any atom is -0.399 e. The van der Waals surface area contributed by atoms with E-state index >= 15 is 0 Å². The summed E-state index contributed by atoms with van der Waals surface area (Å²) < 4.78 is 0. The predicted molar refractivity (Wildman–Crippen MR) is 74.5 cm³/mol. The summed E-state index contributed by atoms with van der Waals surface area (Å²) in [5, 5.41) is 2.99. The summed E-state index contributed by atoms with van der Waals surface area (Å²) in [6.45, 7) is 3.70. The smallest absolute Gasteiger partial charge is 0.242 e. The average Bonchev–Trinajstić information content (AvgIpc) is 2.58. The van der Waals surface area contributed by atoms with Crippen LogP contribution in [0.5, 0.6) is 0 Å². The molecule has 1 aromatic rings. The van der Waals surface area contributed by atoms with Gasteiger partial charge in [0.15, 0.2) is 0 Å². The number of carbonyl (C=O) groups excluding carboxylic acids is 1. The molecule has 1 unspecified atom stereocenters. The summed E-state index contributed by atoms with van der Waals surface area (Å²) >= 11 is 0. The molecular weight excluding hydrogens is 226 g/mol. The van der Waals surface area contributed by atoms with Crippen molar-refractivity contribution < 1.29 is 4.79 Å². The molecule has 1 aliphatic rings. The highest BCUT2D eigenvalue weighted by molar-refractivity contribution is 5.85. The number of rotatable bonds is 3. The van der Waals surface area contributed by atoms with Crippen LogP contribution in [0.15, 0.2) is 24.3 Å². The largest absolute Gasteiger partial charge is 0.399 e. The van der Waals surface area contributed by atoms with E-state index in [2.05, 4.69) is 17.1 Å². The summed E-state index contributed by atoms with van der Waals surface area (Å²) in [5.41, 5.74) is 7.51. The molecule has 1 aliphatic heterocycles. The first-order valence-corrected chi connectivity index (χ1v) is 6.62. The monoisotopic (exact) mass is 247 g/mol. The Morgan fingerprint density at radius 1 is 1.33 bits per heavy atom. The summed E-state index contributed by atoms with van der Waals surface area (Å²) in [6, 6.07) is 7.67. The number of nitrogens with two attached hydrogens (primary N) is 1. The molecule has 1 fully saturated rings. The van der Waals surface area contributed by atoms with Crippen molar-refractivity contribution in [2.24, 2.45) is 0 Å². The summed E-state index contributed by atoms with van der Waals surface area (Å²) in [4.78, 5) is 14.2. The van der Waals surface area contributed by atoms with E-state index < -0.39 is 0 Å². The number of carbonyl (C=O) groups is 1. The van der Waals surface area contributed by atoms with Crippen LogP contribution < -0.4 is 16.0 Å². The maximum Gasteiger partial charge on any atom is 0.242 e. The Morgan fingerprint density at radius 3 is 2.72 bits per heavy atom. The van der Waals surface area contributed by atoms with Gasteiger partial charge in [0.2, 0.25) is 5.91 Å². The van der Waals surface area contributed by atoms with Crippen LogP contribution in [0, 0.1) is 0 Å². The Bertz CT molecular complexity index is 402. The Morgan fingerprint density at radius 2 is 2.06 bits per heavy atom. The highest BCUT2D eigenvalue weighted by Gasteiger charge is 2.26. The van der Waals surface area contributed by atoms with E-state index in [4.69, 9.17) is 5.73 Å². The number of nitrogen functional groups attached to an aromatic ring is 1. The van der Waals surface area contributed by atoms with Crippen molar-refractivity contribution >= 4 is 17.3 Å². The molecule has 4 heteroatoms. The summed E-state index contributed by atoms with van der Waals surface area (Å²) in [6.07, 6.45) is 3.08. The Labute approximate surface area is 108 Å². The van der Waals surface area contributed by atoms with Crippen LogP contribution in [0.4, 0.5) is 11.4 Å². The molecule has 0 aromatic heterocycles. The van der Waals surface area contributed by atoms with E-state index in [1.54, 1.807) is 0 Å². The maximum atomic E-state index is 12.1. The van der Waals surface area contributed by atoms with Crippen LogP contribution in [0.25, 0.3) is 0 Å². The average molecular weight is 247 g/mol. The Balaban J connectivity index is 2.20. The van der Waals surface area contributed by atoms with Crippen molar-refractivity contribution in [3.8, 4) is 0 Å². The molecule has 3 N–H and O–H groups in total. The lowest BCUT2D eigenvalue weighted by atomic mass is 10.1. The zero-order valence-electron chi connectivity index (χ0n) is 10.9. The molecule has 98 valence electrons. The van der Waals surface area contributed by atoms with Crippen LogP contribution in [-0.2, 0) is 4.79 Å². The van der Waals surface area contributed by atoms with Crippen molar-refractivity contribution in [1.29, 1.82) is 0 Å². The molecule has 1 saturated heterocycles. The molecule has 18 heavy (non-hydrogen) atoms. The number of hydrogen-bond acceptors (Lipinski definition) is 3. The highest BCUT2D eigenvalue weighted by Crippen LogP contribution is 2.22. The molecule has 2 rings (SSSR count). The SMILES string of the molecule is CCN(c1ccc(N)cc1)C1CCCCNC1=O. The van der Waals surface area contributed by atoms with Crippen molar-refractivity contribution in [3.05, 3.63) is 24.3 Å². The molecule has 1 atom stereocenters. The van der Waals surface area contributed by atoms with Gasteiger partial charge in [-0.2, -0.15) is 0 Å². The van der Waals surface area contributed by atoms with E-state index in [-0.39, 0.29) is 11.9 Å². The molecule has 0 spiro atoms. The third-order valence-corrected chi connectivity index (χ3v) is 3.45. The quantitative estimate of drug-likeness (QED) is 0.800. The van der Waals surface area contributed by atoms with Gasteiger partial charge in [0.25, 0.3) is 0 Å².